The second-order valence-corrected chi connectivity index (χ2v) is 5.58. The molecule has 6 heteroatoms. The number of nitrogen functional groups attached to an aromatic ring is 1. The summed E-state index contributed by atoms with van der Waals surface area (Å²) >= 11 is 11.8. The largest absolute Gasteiger partial charge is 0.397 e. The molecule has 0 aliphatic carbocycles. The van der Waals surface area contributed by atoms with Crippen molar-refractivity contribution >= 4 is 46.3 Å². The minimum atomic E-state index is -0.409. The fraction of sp³-hybridized carbons (Fsp3) is 0.133. The molecule has 0 aliphatic heterocycles. The predicted molar refractivity (Wildman–Crippen MR) is 89.4 cm³/mol. The topological polar surface area (TPSA) is 67.1 Å². The Labute approximate surface area is 133 Å². The number of urea groups is 1. The van der Waals surface area contributed by atoms with Crippen LogP contribution in [-0.4, -0.2) is 6.03 Å². The van der Waals surface area contributed by atoms with Crippen LogP contribution >= 0.6 is 23.2 Å². The standard InChI is InChI=1S/C15H15Cl2N3O/c1-8-3-4-13(18)14(9(8)2)20-15(21)19-12-6-10(16)5-11(17)7-12/h3-7H,18H2,1-2H3,(H2,19,20,21). The maximum Gasteiger partial charge on any atom is 0.323 e. The van der Waals surface area contributed by atoms with Gasteiger partial charge in [0.15, 0.2) is 0 Å². The summed E-state index contributed by atoms with van der Waals surface area (Å²) < 4.78 is 0. The molecule has 4 nitrogen and oxygen atoms in total. The van der Waals surface area contributed by atoms with Crippen LogP contribution in [0.25, 0.3) is 0 Å². The second kappa shape index (κ2) is 6.24. The Hall–Kier alpha value is -1.91. The van der Waals surface area contributed by atoms with E-state index in [1.165, 1.54) is 0 Å². The van der Waals surface area contributed by atoms with Gasteiger partial charge in [0.2, 0.25) is 0 Å². The van der Waals surface area contributed by atoms with Gasteiger partial charge in [-0.3, -0.25) is 0 Å². The van der Waals surface area contributed by atoms with Crippen molar-refractivity contribution in [3.05, 3.63) is 51.5 Å². The van der Waals surface area contributed by atoms with Gasteiger partial charge in [-0.1, -0.05) is 29.3 Å². The smallest absolute Gasteiger partial charge is 0.323 e. The third-order valence-corrected chi connectivity index (χ3v) is 3.56. The van der Waals surface area contributed by atoms with Crippen LogP contribution in [0.4, 0.5) is 21.9 Å². The van der Waals surface area contributed by atoms with Crippen LogP contribution in [0.2, 0.25) is 10.0 Å². The molecule has 21 heavy (non-hydrogen) atoms. The number of carbonyl (C=O) groups excluding carboxylic acids is 1. The van der Waals surface area contributed by atoms with E-state index in [-0.39, 0.29) is 0 Å². The maximum atomic E-state index is 12.1. The van der Waals surface area contributed by atoms with E-state index in [0.29, 0.717) is 27.1 Å². The van der Waals surface area contributed by atoms with Gasteiger partial charge < -0.3 is 16.4 Å². The van der Waals surface area contributed by atoms with E-state index in [9.17, 15) is 4.79 Å². The summed E-state index contributed by atoms with van der Waals surface area (Å²) in [6.45, 7) is 3.85. The fourth-order valence-electron chi connectivity index (χ4n) is 1.90. The Morgan fingerprint density at radius 3 is 2.29 bits per heavy atom. The van der Waals surface area contributed by atoms with Crippen LogP contribution in [0.5, 0.6) is 0 Å². The minimum Gasteiger partial charge on any atom is -0.397 e. The monoisotopic (exact) mass is 323 g/mol. The molecular weight excluding hydrogens is 309 g/mol. The average molecular weight is 324 g/mol. The van der Waals surface area contributed by atoms with Crippen LogP contribution in [-0.2, 0) is 0 Å². The van der Waals surface area contributed by atoms with E-state index < -0.39 is 6.03 Å². The van der Waals surface area contributed by atoms with Crippen molar-refractivity contribution in [2.75, 3.05) is 16.4 Å². The molecule has 2 rings (SSSR count). The Morgan fingerprint density at radius 1 is 1.05 bits per heavy atom. The summed E-state index contributed by atoms with van der Waals surface area (Å²) in [6, 6.07) is 8.07. The Balaban J connectivity index is 2.17. The third kappa shape index (κ3) is 3.80. The van der Waals surface area contributed by atoms with Gasteiger partial charge in [0.25, 0.3) is 0 Å². The van der Waals surface area contributed by atoms with Crippen molar-refractivity contribution in [1.82, 2.24) is 0 Å². The predicted octanol–water partition coefficient (Wildman–Crippen LogP) is 4.84. The molecule has 0 saturated heterocycles. The zero-order valence-corrected chi connectivity index (χ0v) is 13.1. The number of amides is 2. The molecule has 0 saturated carbocycles. The van der Waals surface area contributed by atoms with Gasteiger partial charge in [0, 0.05) is 15.7 Å². The van der Waals surface area contributed by atoms with Crippen LogP contribution in [0.3, 0.4) is 0 Å². The molecule has 0 spiro atoms. The van der Waals surface area contributed by atoms with Gasteiger partial charge in [0.1, 0.15) is 0 Å². The van der Waals surface area contributed by atoms with Crippen molar-refractivity contribution in [3.8, 4) is 0 Å². The lowest BCUT2D eigenvalue weighted by Crippen LogP contribution is -2.21. The summed E-state index contributed by atoms with van der Waals surface area (Å²) in [5.41, 5.74) is 9.48. The lowest BCUT2D eigenvalue weighted by Gasteiger charge is -2.14. The van der Waals surface area contributed by atoms with Crippen molar-refractivity contribution in [2.24, 2.45) is 0 Å². The van der Waals surface area contributed by atoms with Crippen LogP contribution in [0.15, 0.2) is 30.3 Å². The summed E-state index contributed by atoms with van der Waals surface area (Å²) in [5, 5.41) is 6.31. The molecule has 2 aromatic carbocycles. The molecule has 0 aliphatic rings. The molecule has 110 valence electrons. The van der Waals surface area contributed by atoms with Gasteiger partial charge in [0.05, 0.1) is 11.4 Å². The highest BCUT2D eigenvalue weighted by Crippen LogP contribution is 2.26. The maximum absolute atomic E-state index is 12.1. The molecule has 0 atom stereocenters. The summed E-state index contributed by atoms with van der Waals surface area (Å²) in [5.74, 6) is 0. The number of anilines is 3. The average Bonchev–Trinajstić information content (AvgIpc) is 2.38. The Morgan fingerprint density at radius 2 is 1.67 bits per heavy atom. The molecule has 0 radical (unpaired) electrons. The second-order valence-electron chi connectivity index (χ2n) is 4.71. The normalized spacial score (nSPS) is 10.3. The number of hydrogen-bond acceptors (Lipinski definition) is 2. The SMILES string of the molecule is Cc1ccc(N)c(NC(=O)Nc2cc(Cl)cc(Cl)c2)c1C. The number of rotatable bonds is 2. The number of hydrogen-bond donors (Lipinski definition) is 3. The number of carbonyl (C=O) groups is 1. The van der Waals surface area contributed by atoms with Crippen molar-refractivity contribution in [3.63, 3.8) is 0 Å². The van der Waals surface area contributed by atoms with Gasteiger partial charge >= 0.3 is 6.03 Å². The van der Waals surface area contributed by atoms with Crippen LogP contribution < -0.4 is 16.4 Å². The molecule has 0 aromatic heterocycles. The first kappa shape index (κ1) is 15.5. The number of aryl methyl sites for hydroxylation is 1. The molecule has 2 aromatic rings. The number of benzene rings is 2. The van der Waals surface area contributed by atoms with E-state index in [2.05, 4.69) is 10.6 Å². The fourth-order valence-corrected chi connectivity index (χ4v) is 2.43. The Bertz CT molecular complexity index is 681. The highest BCUT2D eigenvalue weighted by atomic mass is 35.5. The third-order valence-electron chi connectivity index (χ3n) is 3.13. The molecular formula is C15H15Cl2N3O. The van der Waals surface area contributed by atoms with Crippen LogP contribution in [0, 0.1) is 13.8 Å². The molecule has 4 N–H and O–H groups in total. The number of nitrogens with one attached hydrogen (secondary N) is 2. The van der Waals surface area contributed by atoms with E-state index in [4.69, 9.17) is 28.9 Å². The zero-order chi connectivity index (χ0) is 15.6. The highest BCUT2D eigenvalue weighted by Gasteiger charge is 2.10. The van der Waals surface area contributed by atoms with E-state index in [1.807, 2.05) is 19.9 Å². The Kier molecular flexibility index (Phi) is 4.60. The lowest BCUT2D eigenvalue weighted by molar-refractivity contribution is 0.262. The first-order valence-corrected chi connectivity index (χ1v) is 7.02. The first-order chi connectivity index (χ1) is 9.86. The van der Waals surface area contributed by atoms with Crippen molar-refractivity contribution < 1.29 is 4.79 Å². The van der Waals surface area contributed by atoms with Gasteiger partial charge in [-0.05, 0) is 49.2 Å². The van der Waals surface area contributed by atoms with Crippen LogP contribution in [0.1, 0.15) is 11.1 Å². The summed E-state index contributed by atoms with van der Waals surface area (Å²) in [4.78, 5) is 12.1. The molecule has 0 fully saturated rings. The lowest BCUT2D eigenvalue weighted by atomic mass is 10.1. The molecule has 0 bridgehead atoms. The van der Waals surface area contributed by atoms with Gasteiger partial charge in [-0.2, -0.15) is 0 Å². The van der Waals surface area contributed by atoms with Crippen molar-refractivity contribution in [2.45, 2.75) is 13.8 Å². The summed E-state index contributed by atoms with van der Waals surface area (Å²) in [6.07, 6.45) is 0. The van der Waals surface area contributed by atoms with E-state index in [0.717, 1.165) is 11.1 Å². The van der Waals surface area contributed by atoms with E-state index >= 15 is 0 Å². The number of halogens is 2. The highest BCUT2D eigenvalue weighted by molar-refractivity contribution is 6.35. The summed E-state index contributed by atoms with van der Waals surface area (Å²) in [7, 11) is 0. The van der Waals surface area contributed by atoms with Crippen molar-refractivity contribution in [1.29, 1.82) is 0 Å². The zero-order valence-electron chi connectivity index (χ0n) is 11.6. The van der Waals surface area contributed by atoms with E-state index in [1.54, 1.807) is 24.3 Å². The first-order valence-electron chi connectivity index (χ1n) is 6.26. The minimum absolute atomic E-state index is 0.409. The van der Waals surface area contributed by atoms with Gasteiger partial charge in [-0.15, -0.1) is 0 Å². The number of nitrogens with two attached hydrogens (primary N) is 1. The molecule has 0 heterocycles. The van der Waals surface area contributed by atoms with Gasteiger partial charge in [-0.25, -0.2) is 4.79 Å². The molecule has 0 unspecified atom stereocenters. The molecule has 2 amide bonds. The quantitative estimate of drug-likeness (QED) is 0.692.